The lowest BCUT2D eigenvalue weighted by atomic mass is 9.70. The molecule has 0 fully saturated rings. The van der Waals surface area contributed by atoms with Gasteiger partial charge < -0.3 is 4.90 Å². The summed E-state index contributed by atoms with van der Waals surface area (Å²) in [7, 11) is 0. The molecule has 260 valence electrons. The van der Waals surface area contributed by atoms with E-state index in [1.807, 2.05) is 18.2 Å². The Morgan fingerprint density at radius 2 is 0.909 bits per heavy atom. The van der Waals surface area contributed by atoms with Crippen LogP contribution in [0.1, 0.15) is 56.9 Å². The monoisotopic (exact) mass is 704 g/mol. The summed E-state index contributed by atoms with van der Waals surface area (Å²) in [5.74, 6) is 0. The normalized spacial score (nSPS) is 15.1. The zero-order valence-electron chi connectivity index (χ0n) is 33.8. The number of hydrogen-bond donors (Lipinski definition) is 0. The summed E-state index contributed by atoms with van der Waals surface area (Å²) in [5, 5.41) is 0. The van der Waals surface area contributed by atoms with Crippen LogP contribution in [0.2, 0.25) is 0 Å². The number of hydrogen-bond acceptors (Lipinski definition) is 1. The van der Waals surface area contributed by atoms with E-state index in [2.05, 4.69) is 176 Å². The van der Waals surface area contributed by atoms with E-state index in [0.717, 1.165) is 28.2 Å². The molecule has 0 amide bonds. The first-order valence-electron chi connectivity index (χ1n) is 20.6. The summed E-state index contributed by atoms with van der Waals surface area (Å²) in [6, 6.07) is 65.9. The number of anilines is 3. The van der Waals surface area contributed by atoms with Crippen molar-refractivity contribution in [3.63, 3.8) is 0 Å². The van der Waals surface area contributed by atoms with Crippen molar-refractivity contribution in [2.45, 2.75) is 24.7 Å². The highest BCUT2D eigenvalue weighted by Crippen LogP contribution is 2.63. The van der Waals surface area contributed by atoms with E-state index in [1.54, 1.807) is 6.07 Å². The van der Waals surface area contributed by atoms with E-state index in [0.29, 0.717) is 5.56 Å². The molecule has 1 nitrogen and oxygen atoms in total. The summed E-state index contributed by atoms with van der Waals surface area (Å²) in [5.41, 5.74) is 20.7. The van der Waals surface area contributed by atoms with Crippen LogP contribution in [-0.2, 0) is 10.8 Å². The molecule has 0 aliphatic heterocycles. The summed E-state index contributed by atoms with van der Waals surface area (Å²) in [6.07, 6.45) is 0. The van der Waals surface area contributed by atoms with Gasteiger partial charge in [0.1, 0.15) is 0 Å². The first kappa shape index (κ1) is 28.8. The Hall–Kier alpha value is -6.70. The molecule has 0 bridgehead atoms. The van der Waals surface area contributed by atoms with Crippen LogP contribution in [-0.4, -0.2) is 0 Å². The average molecular weight is 705 g/mol. The first-order chi connectivity index (χ1) is 28.3. The lowest BCUT2D eigenvalue weighted by Crippen LogP contribution is -2.26. The minimum absolute atomic E-state index is 0.0876. The molecule has 8 aromatic rings. The van der Waals surface area contributed by atoms with Crippen molar-refractivity contribution in [2.24, 2.45) is 0 Å². The van der Waals surface area contributed by atoms with Crippen LogP contribution in [0, 0.1) is 0 Å². The molecule has 3 aliphatic carbocycles. The fourth-order valence-electron chi connectivity index (χ4n) is 10.1. The fraction of sp³-hybridized carbons (Fsp3) is 0.0741. The van der Waals surface area contributed by atoms with Gasteiger partial charge in [0.15, 0.2) is 0 Å². The molecule has 0 aromatic heterocycles. The van der Waals surface area contributed by atoms with Gasteiger partial charge in [0.25, 0.3) is 0 Å². The van der Waals surface area contributed by atoms with Gasteiger partial charge in [-0.3, -0.25) is 0 Å². The van der Waals surface area contributed by atoms with Crippen LogP contribution in [0.3, 0.4) is 0 Å². The molecule has 0 saturated heterocycles. The van der Waals surface area contributed by atoms with Gasteiger partial charge in [-0.25, -0.2) is 0 Å². The highest BCUT2D eigenvalue weighted by atomic mass is 15.1. The van der Waals surface area contributed by atoms with E-state index < -0.39 is 11.9 Å². The third-order valence-corrected chi connectivity index (χ3v) is 12.5. The van der Waals surface area contributed by atoms with Gasteiger partial charge in [0, 0.05) is 22.5 Å². The molecule has 0 unspecified atom stereocenters. The molecule has 11 rings (SSSR count). The van der Waals surface area contributed by atoms with Crippen LogP contribution in [0.25, 0.3) is 50.6 Å². The largest absolute Gasteiger partial charge is 0.310 e. The van der Waals surface area contributed by atoms with Crippen molar-refractivity contribution in [1.82, 2.24) is 0 Å². The highest BCUT2D eigenvalue weighted by molar-refractivity contribution is 5.96. The van der Waals surface area contributed by atoms with E-state index in [9.17, 15) is 0 Å². The Kier molecular flexibility index (Phi) is 6.09. The summed E-state index contributed by atoms with van der Waals surface area (Å²) in [4.78, 5) is 2.40. The smallest absolute Gasteiger partial charge is 0.0726 e. The van der Waals surface area contributed by atoms with Crippen molar-refractivity contribution in [3.8, 4) is 44.5 Å². The van der Waals surface area contributed by atoms with Crippen LogP contribution in [0.4, 0.5) is 17.1 Å². The predicted molar refractivity (Wildman–Crippen MR) is 231 cm³/mol. The maximum Gasteiger partial charge on any atom is 0.0726 e. The van der Waals surface area contributed by atoms with Gasteiger partial charge >= 0.3 is 0 Å². The lowest BCUT2D eigenvalue weighted by molar-refractivity contribution is 0.660. The lowest BCUT2D eigenvalue weighted by Gasteiger charge is -2.32. The third-order valence-electron chi connectivity index (χ3n) is 12.5. The maximum absolute atomic E-state index is 8.26. The van der Waals surface area contributed by atoms with Crippen LogP contribution in [0.5, 0.6) is 0 Å². The number of fused-ring (bicyclic) bond motifs is 13. The molecule has 8 aromatic carbocycles. The van der Waals surface area contributed by atoms with Crippen LogP contribution in [0.15, 0.2) is 189 Å². The number of nitrogens with zero attached hydrogens (tertiary/aromatic N) is 1. The minimum Gasteiger partial charge on any atom is -0.310 e. The Labute approximate surface area is 327 Å². The molecule has 0 radical (unpaired) electrons. The molecule has 55 heavy (non-hydrogen) atoms. The first-order valence-corrected chi connectivity index (χ1v) is 19.1. The van der Waals surface area contributed by atoms with Crippen molar-refractivity contribution in [2.75, 3.05) is 4.90 Å². The summed E-state index contributed by atoms with van der Waals surface area (Å²) in [6.45, 7) is 4.18. The van der Waals surface area contributed by atoms with E-state index in [-0.39, 0.29) is 11.5 Å². The summed E-state index contributed by atoms with van der Waals surface area (Å²) >= 11 is 0. The predicted octanol–water partition coefficient (Wildman–Crippen LogP) is 14.1. The quantitative estimate of drug-likeness (QED) is 0.172. The number of rotatable bonds is 5. The molecular formula is C54H39N. The Balaban J connectivity index is 1.12. The average Bonchev–Trinajstić information content (AvgIpc) is 3.82. The topological polar surface area (TPSA) is 3.24 Å². The third kappa shape index (κ3) is 4.35. The second-order valence-electron chi connectivity index (χ2n) is 15.6. The molecule has 0 saturated carbocycles. The van der Waals surface area contributed by atoms with E-state index >= 15 is 0 Å². The SMILES string of the molecule is [2H]C([2H])=C([2H])c1cccc(-c2ccc(N(c3ccc4c(c3)C(C)(C)c3ccccc3-4)c3ccc4c(c3)C3(c5ccccc5-c5ccccc53)c3ccccc3-4)cc2)c1. The van der Waals surface area contributed by atoms with Crippen molar-refractivity contribution in [1.29, 1.82) is 0 Å². The van der Waals surface area contributed by atoms with Crippen molar-refractivity contribution in [3.05, 3.63) is 227 Å². The van der Waals surface area contributed by atoms with Gasteiger partial charge in [0.05, 0.1) is 9.53 Å². The Bertz CT molecular complexity index is 2960. The van der Waals surface area contributed by atoms with Gasteiger partial charge in [-0.15, -0.1) is 0 Å². The zero-order valence-corrected chi connectivity index (χ0v) is 30.8. The Morgan fingerprint density at radius 1 is 0.436 bits per heavy atom. The molecule has 1 spiro atoms. The van der Waals surface area contributed by atoms with Crippen LogP contribution >= 0.6 is 0 Å². The van der Waals surface area contributed by atoms with Crippen molar-refractivity contribution >= 4 is 23.1 Å². The molecule has 0 heterocycles. The van der Waals surface area contributed by atoms with E-state index in [4.69, 9.17) is 4.11 Å². The zero-order chi connectivity index (χ0) is 39.3. The summed E-state index contributed by atoms with van der Waals surface area (Å²) < 4.78 is 23.7. The Morgan fingerprint density at radius 3 is 1.49 bits per heavy atom. The van der Waals surface area contributed by atoms with Gasteiger partial charge in [-0.2, -0.15) is 0 Å². The molecule has 0 atom stereocenters. The molecule has 0 N–H and O–H groups in total. The fourth-order valence-corrected chi connectivity index (χ4v) is 10.1. The van der Waals surface area contributed by atoms with E-state index in [1.165, 1.54) is 66.8 Å². The van der Waals surface area contributed by atoms with Gasteiger partial charge in [-0.1, -0.05) is 166 Å². The molecule has 3 aliphatic rings. The molecular weight excluding hydrogens is 663 g/mol. The highest BCUT2D eigenvalue weighted by Gasteiger charge is 2.51. The second-order valence-corrected chi connectivity index (χ2v) is 15.6. The molecule has 1 heteroatoms. The number of benzene rings is 8. The van der Waals surface area contributed by atoms with Gasteiger partial charge in [-0.05, 0) is 126 Å². The second kappa shape index (κ2) is 11.6. The van der Waals surface area contributed by atoms with Crippen molar-refractivity contribution < 1.29 is 4.11 Å². The van der Waals surface area contributed by atoms with Gasteiger partial charge in [0.2, 0.25) is 0 Å². The maximum atomic E-state index is 8.26. The van der Waals surface area contributed by atoms with Crippen LogP contribution < -0.4 is 4.90 Å². The minimum atomic E-state index is -0.493. The standard InChI is InChI=1S/C54H39N/c1-4-35-14-13-15-37(32-35)36-24-26-38(27-25-36)55(39-28-30-45-41-16-5-9-20-47(41)53(2,3)51(45)33-39)40-29-31-46-44-19-8-12-23-50(44)54(52(46)34-40)48-21-10-6-17-42(48)43-18-7-11-22-49(43)54/h4-34H,1H2,2-3H3/i1D2,4D.